The fraction of sp³-hybridized carbons (Fsp3) is 0.500. The predicted molar refractivity (Wildman–Crippen MR) is 53.8 cm³/mol. The Kier molecular flexibility index (Phi) is 3.55. The maximum Gasteiger partial charge on any atom is 0.124 e. The zero-order chi connectivity index (χ0) is 9.68. The molecule has 1 aromatic rings. The van der Waals surface area contributed by atoms with E-state index in [2.05, 4.69) is 17.1 Å². The topological polar surface area (TPSA) is 37.4 Å². The van der Waals surface area contributed by atoms with E-state index in [4.69, 9.17) is 4.84 Å². The molecule has 0 bridgehead atoms. The normalized spacial score (nSPS) is 14.2. The van der Waals surface area contributed by atoms with E-state index in [0.717, 1.165) is 17.8 Å². The predicted octanol–water partition coefficient (Wildman–Crippen LogP) is 2.55. The van der Waals surface area contributed by atoms with Gasteiger partial charge in [0.25, 0.3) is 0 Å². The highest BCUT2D eigenvalue weighted by Gasteiger charge is 2.00. The van der Waals surface area contributed by atoms with Gasteiger partial charge >= 0.3 is 0 Å². The van der Waals surface area contributed by atoms with Crippen LogP contribution in [0.1, 0.15) is 32.9 Å². The molecule has 0 aliphatic carbocycles. The molecule has 1 unspecified atom stereocenters. The highest BCUT2D eigenvalue weighted by Crippen LogP contribution is 2.01. The molecule has 3 nitrogen and oxygen atoms in total. The van der Waals surface area contributed by atoms with Crippen molar-refractivity contribution in [2.24, 2.45) is 5.16 Å². The van der Waals surface area contributed by atoms with Gasteiger partial charge in [-0.2, -0.15) is 0 Å². The molecule has 0 fully saturated rings. The van der Waals surface area contributed by atoms with Crippen LogP contribution in [0.2, 0.25) is 0 Å². The minimum Gasteiger partial charge on any atom is -0.393 e. The first-order valence-corrected chi connectivity index (χ1v) is 4.58. The highest BCUT2D eigenvalue weighted by molar-refractivity contribution is 5.96. The van der Waals surface area contributed by atoms with Crippen LogP contribution in [0.25, 0.3) is 0 Å². The molecule has 0 aromatic carbocycles. The Morgan fingerprint density at radius 3 is 3.00 bits per heavy atom. The van der Waals surface area contributed by atoms with Gasteiger partial charge in [-0.3, -0.25) is 0 Å². The van der Waals surface area contributed by atoms with Crippen molar-refractivity contribution in [1.29, 1.82) is 0 Å². The molecule has 0 aliphatic heterocycles. The first-order chi connectivity index (χ1) is 6.24. The van der Waals surface area contributed by atoms with Crippen molar-refractivity contribution in [2.75, 3.05) is 0 Å². The first-order valence-electron chi connectivity index (χ1n) is 4.58. The molecule has 0 amide bonds. The number of oxime groups is 1. The van der Waals surface area contributed by atoms with E-state index in [1.165, 1.54) is 0 Å². The van der Waals surface area contributed by atoms with E-state index < -0.39 is 0 Å². The number of rotatable bonds is 4. The van der Waals surface area contributed by atoms with E-state index in [1.54, 1.807) is 0 Å². The van der Waals surface area contributed by atoms with Gasteiger partial charge in [-0.05, 0) is 32.4 Å². The average Bonchev–Trinajstić information content (AvgIpc) is 2.66. The van der Waals surface area contributed by atoms with Gasteiger partial charge in [-0.25, -0.2) is 0 Å². The van der Waals surface area contributed by atoms with E-state index in [-0.39, 0.29) is 6.10 Å². The number of nitrogens with zero attached hydrogens (tertiary/aromatic N) is 1. The summed E-state index contributed by atoms with van der Waals surface area (Å²) in [5.74, 6) is 0. The number of hydrogen-bond donors (Lipinski definition) is 1. The van der Waals surface area contributed by atoms with Crippen LogP contribution in [0.3, 0.4) is 0 Å². The fourth-order valence-electron chi connectivity index (χ4n) is 0.848. The molecule has 3 heteroatoms. The second kappa shape index (κ2) is 4.70. The average molecular weight is 180 g/mol. The Morgan fingerprint density at radius 2 is 2.46 bits per heavy atom. The van der Waals surface area contributed by atoms with Crippen molar-refractivity contribution in [3.63, 3.8) is 0 Å². The number of aromatic amines is 1. The number of aromatic nitrogens is 1. The van der Waals surface area contributed by atoms with Crippen LogP contribution < -0.4 is 0 Å². The van der Waals surface area contributed by atoms with Crippen molar-refractivity contribution in [3.8, 4) is 0 Å². The van der Waals surface area contributed by atoms with Gasteiger partial charge in [0.05, 0.1) is 5.69 Å². The summed E-state index contributed by atoms with van der Waals surface area (Å²) in [6.07, 6.45) is 3.03. The van der Waals surface area contributed by atoms with Gasteiger partial charge in [0, 0.05) is 6.20 Å². The molecule has 1 rings (SSSR count). The van der Waals surface area contributed by atoms with Crippen LogP contribution >= 0.6 is 0 Å². The van der Waals surface area contributed by atoms with Gasteiger partial charge in [0.1, 0.15) is 11.8 Å². The van der Waals surface area contributed by atoms with Gasteiger partial charge in [-0.15, -0.1) is 0 Å². The minimum absolute atomic E-state index is 0.185. The summed E-state index contributed by atoms with van der Waals surface area (Å²) in [5.41, 5.74) is 1.88. The lowest BCUT2D eigenvalue weighted by molar-refractivity contribution is 0.0699. The van der Waals surface area contributed by atoms with Crippen molar-refractivity contribution in [1.82, 2.24) is 4.98 Å². The standard InChI is InChI=1S/C10H16N2O/c1-4-8(2)13-12-9(3)10-6-5-7-11-10/h5-8,11H,4H2,1-3H3. The second-order valence-corrected chi connectivity index (χ2v) is 3.08. The Hall–Kier alpha value is -1.25. The van der Waals surface area contributed by atoms with Gasteiger partial charge < -0.3 is 9.82 Å². The largest absolute Gasteiger partial charge is 0.393 e. The molecular weight excluding hydrogens is 164 g/mol. The van der Waals surface area contributed by atoms with Gasteiger partial charge in [0.15, 0.2) is 0 Å². The van der Waals surface area contributed by atoms with E-state index in [9.17, 15) is 0 Å². The summed E-state index contributed by atoms with van der Waals surface area (Å²) in [4.78, 5) is 8.31. The SMILES string of the molecule is CCC(C)ON=C(C)c1ccc[nH]1. The lowest BCUT2D eigenvalue weighted by atomic mass is 10.3. The van der Waals surface area contributed by atoms with Gasteiger partial charge in [0.2, 0.25) is 0 Å². The smallest absolute Gasteiger partial charge is 0.124 e. The van der Waals surface area contributed by atoms with Crippen molar-refractivity contribution < 1.29 is 4.84 Å². The molecule has 0 spiro atoms. The Morgan fingerprint density at radius 1 is 1.69 bits per heavy atom. The molecule has 0 aliphatic rings. The van der Waals surface area contributed by atoms with E-state index in [0.29, 0.717) is 0 Å². The zero-order valence-electron chi connectivity index (χ0n) is 8.37. The van der Waals surface area contributed by atoms with Crippen molar-refractivity contribution >= 4 is 5.71 Å². The molecule has 72 valence electrons. The summed E-state index contributed by atoms with van der Waals surface area (Å²) in [6.45, 7) is 6.00. The Bertz CT molecular complexity index is 264. The van der Waals surface area contributed by atoms with Crippen molar-refractivity contribution in [3.05, 3.63) is 24.0 Å². The molecule has 1 N–H and O–H groups in total. The van der Waals surface area contributed by atoms with E-state index in [1.807, 2.05) is 32.2 Å². The Balaban J connectivity index is 2.52. The lowest BCUT2D eigenvalue weighted by Gasteiger charge is -2.06. The molecule has 1 atom stereocenters. The number of H-pyrrole nitrogens is 1. The molecule has 0 radical (unpaired) electrons. The van der Waals surface area contributed by atoms with E-state index >= 15 is 0 Å². The summed E-state index contributed by atoms with van der Waals surface area (Å²) in [6, 6.07) is 3.91. The van der Waals surface area contributed by atoms with Crippen LogP contribution in [0.5, 0.6) is 0 Å². The van der Waals surface area contributed by atoms with Crippen molar-refractivity contribution in [2.45, 2.75) is 33.3 Å². The second-order valence-electron chi connectivity index (χ2n) is 3.08. The summed E-state index contributed by atoms with van der Waals surface area (Å²) in [5, 5.41) is 4.02. The molecule has 1 aromatic heterocycles. The highest BCUT2D eigenvalue weighted by atomic mass is 16.6. The van der Waals surface area contributed by atoms with Crippen LogP contribution in [0, 0.1) is 0 Å². The van der Waals surface area contributed by atoms with Crippen LogP contribution in [-0.2, 0) is 4.84 Å². The summed E-state index contributed by atoms with van der Waals surface area (Å²) >= 11 is 0. The van der Waals surface area contributed by atoms with Crippen LogP contribution in [0.4, 0.5) is 0 Å². The molecule has 13 heavy (non-hydrogen) atoms. The van der Waals surface area contributed by atoms with Crippen LogP contribution in [0.15, 0.2) is 23.5 Å². The molecular formula is C10H16N2O. The summed E-state index contributed by atoms with van der Waals surface area (Å²) < 4.78 is 0. The maximum atomic E-state index is 5.24. The summed E-state index contributed by atoms with van der Waals surface area (Å²) in [7, 11) is 0. The number of nitrogens with one attached hydrogen (secondary N) is 1. The number of hydrogen-bond acceptors (Lipinski definition) is 2. The minimum atomic E-state index is 0.185. The third-order valence-electron chi connectivity index (χ3n) is 1.93. The molecule has 0 saturated heterocycles. The monoisotopic (exact) mass is 180 g/mol. The third kappa shape index (κ3) is 2.93. The lowest BCUT2D eigenvalue weighted by Crippen LogP contribution is -2.04. The van der Waals surface area contributed by atoms with Gasteiger partial charge in [-0.1, -0.05) is 12.1 Å². The Labute approximate surface area is 78.8 Å². The quantitative estimate of drug-likeness (QED) is 0.561. The molecule has 1 heterocycles. The van der Waals surface area contributed by atoms with Crippen LogP contribution in [-0.4, -0.2) is 16.8 Å². The third-order valence-corrected chi connectivity index (χ3v) is 1.93. The first kappa shape index (κ1) is 9.84. The zero-order valence-corrected chi connectivity index (χ0v) is 8.37. The maximum absolute atomic E-state index is 5.24. The fourth-order valence-corrected chi connectivity index (χ4v) is 0.848. The molecule has 0 saturated carbocycles.